The van der Waals surface area contributed by atoms with Gasteiger partial charge in [-0.05, 0) is 71.9 Å². The van der Waals surface area contributed by atoms with Gasteiger partial charge in [0.1, 0.15) is 0 Å². The Balaban J connectivity index is 1.91. The largest absolute Gasteiger partial charge is 0.390 e. The van der Waals surface area contributed by atoms with Crippen molar-refractivity contribution in [2.24, 2.45) is 5.41 Å². The van der Waals surface area contributed by atoms with Crippen LogP contribution in [0.15, 0.2) is 43.7 Å². The predicted molar refractivity (Wildman–Crippen MR) is 135 cm³/mol. The highest BCUT2D eigenvalue weighted by Crippen LogP contribution is 2.37. The van der Waals surface area contributed by atoms with E-state index in [0.717, 1.165) is 36.3 Å². The third kappa shape index (κ3) is 5.65. The van der Waals surface area contributed by atoms with Gasteiger partial charge in [0.25, 0.3) is 0 Å². The summed E-state index contributed by atoms with van der Waals surface area (Å²) in [6.07, 6.45) is 0.544. The number of hydrogen-bond acceptors (Lipinski definition) is 2. The summed E-state index contributed by atoms with van der Waals surface area (Å²) in [6, 6.07) is 10.5. The molecule has 0 saturated carbocycles. The van der Waals surface area contributed by atoms with E-state index in [2.05, 4.69) is 123 Å². The molecule has 0 aliphatic rings. The number of β-amino-alcohol motifs (C(OH)–C–C–N with tert-alkyl or cyclic N) is 1. The quantitative estimate of drug-likeness (QED) is 0.318. The average Bonchev–Trinajstić information content (AvgIpc) is 2.84. The molecule has 0 saturated heterocycles. The molecule has 1 aromatic heterocycles. The molecule has 2 aromatic carbocycles. The number of benzene rings is 2. The van der Waals surface area contributed by atoms with Crippen LogP contribution in [0.1, 0.15) is 41.0 Å². The summed E-state index contributed by atoms with van der Waals surface area (Å²) < 4.78 is 5.31. The minimum Gasteiger partial charge on any atom is -0.390 e. The fourth-order valence-electron chi connectivity index (χ4n) is 4.37. The molecule has 3 aromatic rings. The summed E-state index contributed by atoms with van der Waals surface area (Å²) in [4.78, 5) is 0. The number of nitrogens with one attached hydrogen (secondary N) is 1. The highest BCUT2D eigenvalue weighted by atomic mass is 79.9. The molecule has 29 heavy (non-hydrogen) atoms. The van der Waals surface area contributed by atoms with Crippen molar-refractivity contribution in [3.8, 4) is 0 Å². The van der Waals surface area contributed by atoms with E-state index >= 15 is 0 Å². The smallest absolute Gasteiger partial charge is 0.0843 e. The van der Waals surface area contributed by atoms with Crippen LogP contribution in [0.5, 0.6) is 0 Å². The van der Waals surface area contributed by atoms with Crippen molar-refractivity contribution >= 4 is 69.6 Å². The third-order valence-corrected chi connectivity index (χ3v) is 6.58. The van der Waals surface area contributed by atoms with Crippen molar-refractivity contribution in [2.45, 2.75) is 59.2 Å². The van der Waals surface area contributed by atoms with Crippen LogP contribution >= 0.6 is 47.8 Å². The Hall–Kier alpha value is -0.400. The second kappa shape index (κ2) is 8.62. The second-order valence-electron chi connectivity index (χ2n) is 9.71. The van der Waals surface area contributed by atoms with E-state index in [1.165, 1.54) is 5.39 Å². The molecular formula is C23H29Br3N2O. The molecule has 1 atom stereocenters. The molecule has 0 aliphatic heterocycles. The molecule has 0 spiro atoms. The first kappa shape index (κ1) is 23.3. The maximum atomic E-state index is 10.9. The van der Waals surface area contributed by atoms with Gasteiger partial charge >= 0.3 is 0 Å². The minimum atomic E-state index is -0.493. The molecule has 158 valence electrons. The van der Waals surface area contributed by atoms with Crippen molar-refractivity contribution in [3.05, 3.63) is 43.7 Å². The Morgan fingerprint density at radius 2 is 1.62 bits per heavy atom. The molecule has 0 amide bonds. The number of halogens is 3. The summed E-state index contributed by atoms with van der Waals surface area (Å²) in [5.41, 5.74) is 2.43. The number of hydrogen-bond donors (Lipinski definition) is 2. The van der Waals surface area contributed by atoms with E-state index in [4.69, 9.17) is 0 Å². The summed E-state index contributed by atoms with van der Waals surface area (Å²) in [7, 11) is 0. The second-order valence-corrected chi connectivity index (χ2v) is 12.4. The zero-order valence-electron chi connectivity index (χ0n) is 17.6. The van der Waals surface area contributed by atoms with Crippen LogP contribution in [0, 0.1) is 5.41 Å². The lowest BCUT2D eigenvalue weighted by molar-refractivity contribution is 0.133. The van der Waals surface area contributed by atoms with E-state index in [9.17, 15) is 5.11 Å². The lowest BCUT2D eigenvalue weighted by Gasteiger charge is -2.34. The number of aliphatic hydroxyl groups is 1. The van der Waals surface area contributed by atoms with E-state index < -0.39 is 6.10 Å². The molecule has 0 bridgehead atoms. The van der Waals surface area contributed by atoms with Crippen LogP contribution in [0.4, 0.5) is 0 Å². The standard InChI is InChI=1S/C23H29Br3N2O/c1-22(2,3)13-23(4,5)27-11-16(29)12-28-20-7-6-14(24)8-17(20)18-9-15(25)10-19(26)21(18)28/h6-10,16,27,29H,11-13H2,1-5H3/t16-/m1/s1. The van der Waals surface area contributed by atoms with Gasteiger partial charge in [0.05, 0.1) is 18.2 Å². The van der Waals surface area contributed by atoms with Crippen LogP contribution in [-0.2, 0) is 6.54 Å². The molecule has 6 heteroatoms. The summed E-state index contributed by atoms with van der Waals surface area (Å²) >= 11 is 10.9. The van der Waals surface area contributed by atoms with Crippen LogP contribution in [-0.4, -0.2) is 27.9 Å². The van der Waals surface area contributed by atoms with Gasteiger partial charge in [-0.25, -0.2) is 0 Å². The summed E-state index contributed by atoms with van der Waals surface area (Å²) in [5, 5.41) is 16.8. The summed E-state index contributed by atoms with van der Waals surface area (Å²) in [5.74, 6) is 0. The molecule has 2 N–H and O–H groups in total. The number of fused-ring (bicyclic) bond motifs is 3. The van der Waals surface area contributed by atoms with Gasteiger partial charge in [-0.3, -0.25) is 0 Å². The molecule has 0 fully saturated rings. The normalized spacial score (nSPS) is 14.1. The zero-order valence-corrected chi connectivity index (χ0v) is 22.4. The molecule has 0 unspecified atom stereocenters. The third-order valence-electron chi connectivity index (χ3n) is 5.02. The van der Waals surface area contributed by atoms with Crippen molar-refractivity contribution in [1.29, 1.82) is 0 Å². The van der Waals surface area contributed by atoms with Gasteiger partial charge < -0.3 is 15.0 Å². The van der Waals surface area contributed by atoms with Crippen LogP contribution in [0.3, 0.4) is 0 Å². The number of aliphatic hydroxyl groups excluding tert-OH is 1. The summed E-state index contributed by atoms with van der Waals surface area (Å²) in [6.45, 7) is 12.2. The van der Waals surface area contributed by atoms with Gasteiger partial charge in [-0.1, -0.05) is 52.6 Å². The van der Waals surface area contributed by atoms with E-state index in [1.807, 2.05) is 0 Å². The lowest BCUT2D eigenvalue weighted by atomic mass is 9.82. The van der Waals surface area contributed by atoms with Crippen molar-refractivity contribution in [2.75, 3.05) is 6.54 Å². The lowest BCUT2D eigenvalue weighted by Crippen LogP contribution is -2.46. The van der Waals surface area contributed by atoms with Crippen molar-refractivity contribution in [1.82, 2.24) is 9.88 Å². The maximum absolute atomic E-state index is 10.9. The van der Waals surface area contributed by atoms with Crippen LogP contribution in [0.2, 0.25) is 0 Å². The monoisotopic (exact) mass is 586 g/mol. The topological polar surface area (TPSA) is 37.2 Å². The van der Waals surface area contributed by atoms with E-state index in [0.29, 0.717) is 13.1 Å². The van der Waals surface area contributed by atoms with Crippen LogP contribution < -0.4 is 5.32 Å². The van der Waals surface area contributed by atoms with Crippen LogP contribution in [0.25, 0.3) is 21.8 Å². The maximum Gasteiger partial charge on any atom is 0.0843 e. The highest BCUT2D eigenvalue weighted by molar-refractivity contribution is 9.11. The average molecular weight is 589 g/mol. The first-order valence-corrected chi connectivity index (χ1v) is 12.2. The fraction of sp³-hybridized carbons (Fsp3) is 0.478. The van der Waals surface area contributed by atoms with E-state index in [1.54, 1.807) is 0 Å². The van der Waals surface area contributed by atoms with Crippen molar-refractivity contribution in [3.63, 3.8) is 0 Å². The Labute approximate surface area is 198 Å². The minimum absolute atomic E-state index is 0.0314. The van der Waals surface area contributed by atoms with Gasteiger partial charge in [-0.15, -0.1) is 0 Å². The van der Waals surface area contributed by atoms with Crippen molar-refractivity contribution < 1.29 is 5.11 Å². The van der Waals surface area contributed by atoms with Gasteiger partial charge in [0.15, 0.2) is 0 Å². The molecule has 3 nitrogen and oxygen atoms in total. The SMILES string of the molecule is CC(C)(C)CC(C)(C)NC[C@@H](O)Cn1c2ccc(Br)cc2c2cc(Br)cc(Br)c21. The van der Waals surface area contributed by atoms with Gasteiger partial charge in [0.2, 0.25) is 0 Å². The zero-order chi connectivity index (χ0) is 21.6. The van der Waals surface area contributed by atoms with E-state index in [-0.39, 0.29) is 11.0 Å². The first-order valence-electron chi connectivity index (χ1n) is 9.86. The molecule has 3 rings (SSSR count). The van der Waals surface area contributed by atoms with Gasteiger partial charge in [-0.2, -0.15) is 0 Å². The number of rotatable bonds is 6. The number of aromatic nitrogens is 1. The van der Waals surface area contributed by atoms with Gasteiger partial charge in [0, 0.05) is 41.8 Å². The predicted octanol–water partition coefficient (Wildman–Crippen LogP) is 7.25. The number of nitrogens with zero attached hydrogens (tertiary/aromatic N) is 1. The molecule has 0 radical (unpaired) electrons. The fourth-order valence-corrected chi connectivity index (χ4v) is 6.17. The molecule has 1 heterocycles. The first-order chi connectivity index (χ1) is 13.4. The Bertz CT molecular complexity index is 1030. The Kier molecular flexibility index (Phi) is 6.92. The Morgan fingerprint density at radius 1 is 0.966 bits per heavy atom. The molecular weight excluding hydrogens is 560 g/mol. The highest BCUT2D eigenvalue weighted by Gasteiger charge is 2.26. The Morgan fingerprint density at radius 3 is 2.28 bits per heavy atom. The molecule has 0 aliphatic carbocycles.